The molecule has 0 aromatic carbocycles. The Kier molecular flexibility index (Phi) is 3.07. The van der Waals surface area contributed by atoms with Crippen molar-refractivity contribution in [2.75, 3.05) is 6.54 Å². The highest BCUT2D eigenvalue weighted by atomic mass is 16.3. The van der Waals surface area contributed by atoms with Gasteiger partial charge in [-0.05, 0) is 61.7 Å². The summed E-state index contributed by atoms with van der Waals surface area (Å²) in [6.45, 7) is 7.65. The predicted octanol–water partition coefficient (Wildman–Crippen LogP) is 3.33. The van der Waals surface area contributed by atoms with Crippen molar-refractivity contribution in [3.05, 3.63) is 0 Å². The lowest BCUT2D eigenvalue weighted by atomic mass is 9.52. The molecule has 0 heterocycles. The van der Waals surface area contributed by atoms with Crippen LogP contribution < -0.4 is 5.73 Å². The number of rotatable bonds is 2. The van der Waals surface area contributed by atoms with Crippen molar-refractivity contribution in [1.29, 1.82) is 0 Å². The number of fused-ring (bicyclic) bond motifs is 2. The molecule has 3 rings (SSSR count). The maximum Gasteiger partial charge on any atom is 0.0726 e. The van der Waals surface area contributed by atoms with Crippen LogP contribution in [-0.4, -0.2) is 17.3 Å². The fraction of sp³-hybridized carbons (Fsp3) is 1.00. The largest absolute Gasteiger partial charge is 0.389 e. The Labute approximate surface area is 118 Å². The van der Waals surface area contributed by atoms with Gasteiger partial charge in [-0.3, -0.25) is 0 Å². The molecule has 19 heavy (non-hydrogen) atoms. The molecule has 110 valence electrons. The van der Waals surface area contributed by atoms with Gasteiger partial charge < -0.3 is 10.8 Å². The molecule has 3 fully saturated rings. The van der Waals surface area contributed by atoms with Crippen LogP contribution in [0.3, 0.4) is 0 Å². The van der Waals surface area contributed by atoms with E-state index >= 15 is 0 Å². The average Bonchev–Trinajstić information content (AvgIpc) is 2.85. The average molecular weight is 265 g/mol. The van der Waals surface area contributed by atoms with Crippen LogP contribution >= 0.6 is 0 Å². The van der Waals surface area contributed by atoms with Gasteiger partial charge in [0.05, 0.1) is 5.60 Å². The first-order chi connectivity index (χ1) is 8.80. The van der Waals surface area contributed by atoms with E-state index in [-0.39, 0.29) is 10.8 Å². The van der Waals surface area contributed by atoms with Gasteiger partial charge in [-0.15, -0.1) is 0 Å². The highest BCUT2D eigenvalue weighted by Gasteiger charge is 2.62. The molecule has 2 nitrogen and oxygen atoms in total. The van der Waals surface area contributed by atoms with E-state index in [1.54, 1.807) is 0 Å². The second-order valence-corrected chi connectivity index (χ2v) is 8.83. The van der Waals surface area contributed by atoms with E-state index in [9.17, 15) is 5.11 Å². The van der Waals surface area contributed by atoms with Crippen LogP contribution in [0.1, 0.15) is 65.7 Å². The van der Waals surface area contributed by atoms with Crippen LogP contribution in [0.4, 0.5) is 0 Å². The topological polar surface area (TPSA) is 46.2 Å². The minimum absolute atomic E-state index is 0.0296. The van der Waals surface area contributed by atoms with Gasteiger partial charge in [-0.1, -0.05) is 27.2 Å². The third-order valence-electron chi connectivity index (χ3n) is 6.62. The van der Waals surface area contributed by atoms with Gasteiger partial charge in [0.25, 0.3) is 0 Å². The van der Waals surface area contributed by atoms with Crippen molar-refractivity contribution in [3.8, 4) is 0 Å². The third-order valence-corrected chi connectivity index (χ3v) is 6.62. The Balaban J connectivity index is 1.94. The van der Waals surface area contributed by atoms with E-state index in [2.05, 4.69) is 20.8 Å². The molecule has 0 amide bonds. The van der Waals surface area contributed by atoms with E-state index < -0.39 is 5.60 Å². The highest BCUT2D eigenvalue weighted by Crippen LogP contribution is 2.64. The SMILES string of the molecule is CC1CC(C)(C)CC(O)(C2(CN)CC3CCC2C3)C1. The normalized spacial score (nSPS) is 52.6. The Hall–Kier alpha value is -0.0800. The van der Waals surface area contributed by atoms with Crippen molar-refractivity contribution in [2.24, 2.45) is 34.3 Å². The lowest BCUT2D eigenvalue weighted by molar-refractivity contribution is -0.164. The zero-order chi connectivity index (χ0) is 13.9. The molecule has 5 unspecified atom stereocenters. The molecule has 0 aromatic rings. The Morgan fingerprint density at radius 3 is 2.37 bits per heavy atom. The molecule has 0 spiro atoms. The summed E-state index contributed by atoms with van der Waals surface area (Å²) in [5.41, 5.74) is 6.02. The molecule has 2 bridgehead atoms. The summed E-state index contributed by atoms with van der Waals surface area (Å²) in [4.78, 5) is 0. The van der Waals surface area contributed by atoms with Crippen LogP contribution in [0.15, 0.2) is 0 Å². The van der Waals surface area contributed by atoms with Crippen LogP contribution in [0.2, 0.25) is 0 Å². The summed E-state index contributed by atoms with van der Waals surface area (Å²) < 4.78 is 0. The summed E-state index contributed by atoms with van der Waals surface area (Å²) in [5.74, 6) is 2.16. The second kappa shape index (κ2) is 4.21. The second-order valence-electron chi connectivity index (χ2n) is 8.83. The molecule has 3 aliphatic rings. The zero-order valence-corrected chi connectivity index (χ0v) is 12.9. The maximum absolute atomic E-state index is 11.6. The quantitative estimate of drug-likeness (QED) is 0.804. The zero-order valence-electron chi connectivity index (χ0n) is 12.9. The maximum atomic E-state index is 11.6. The summed E-state index contributed by atoms with van der Waals surface area (Å²) in [5, 5.41) is 11.6. The lowest BCUT2D eigenvalue weighted by Gasteiger charge is -2.56. The van der Waals surface area contributed by atoms with E-state index in [1.165, 1.54) is 32.1 Å². The number of aliphatic hydroxyl groups is 1. The fourth-order valence-electron chi connectivity index (χ4n) is 6.36. The lowest BCUT2D eigenvalue weighted by Crippen LogP contribution is -2.59. The fourth-order valence-corrected chi connectivity index (χ4v) is 6.36. The van der Waals surface area contributed by atoms with Gasteiger partial charge in [0.1, 0.15) is 0 Å². The van der Waals surface area contributed by atoms with Gasteiger partial charge in [-0.2, -0.15) is 0 Å². The van der Waals surface area contributed by atoms with Gasteiger partial charge in [0, 0.05) is 12.0 Å². The van der Waals surface area contributed by atoms with Crippen LogP contribution in [-0.2, 0) is 0 Å². The summed E-state index contributed by atoms with van der Waals surface area (Å²) in [6.07, 6.45) is 8.36. The smallest absolute Gasteiger partial charge is 0.0726 e. The third kappa shape index (κ3) is 1.98. The standard InChI is InChI=1S/C17H31NO/c1-12-7-15(2,3)10-17(19,8-12)16(11-18)9-13-4-5-14(16)6-13/h12-14,19H,4-11,18H2,1-3H3. The predicted molar refractivity (Wildman–Crippen MR) is 78.7 cm³/mol. The Morgan fingerprint density at radius 1 is 1.16 bits per heavy atom. The first-order valence-corrected chi connectivity index (χ1v) is 8.23. The van der Waals surface area contributed by atoms with Crippen molar-refractivity contribution < 1.29 is 5.11 Å². The molecule has 0 aromatic heterocycles. The van der Waals surface area contributed by atoms with Gasteiger partial charge in [0.2, 0.25) is 0 Å². The Morgan fingerprint density at radius 2 is 1.89 bits per heavy atom. The summed E-state index contributed by atoms with van der Waals surface area (Å²) in [7, 11) is 0. The van der Waals surface area contributed by atoms with Crippen molar-refractivity contribution in [2.45, 2.75) is 71.3 Å². The first-order valence-electron chi connectivity index (χ1n) is 8.23. The van der Waals surface area contributed by atoms with Gasteiger partial charge in [-0.25, -0.2) is 0 Å². The highest BCUT2D eigenvalue weighted by molar-refractivity contribution is 5.13. The monoisotopic (exact) mass is 265 g/mol. The summed E-state index contributed by atoms with van der Waals surface area (Å²) >= 11 is 0. The van der Waals surface area contributed by atoms with Crippen molar-refractivity contribution in [3.63, 3.8) is 0 Å². The minimum atomic E-state index is -0.511. The number of nitrogens with two attached hydrogens (primary N) is 1. The molecule has 5 atom stereocenters. The van der Waals surface area contributed by atoms with E-state index in [1.807, 2.05) is 0 Å². The van der Waals surface area contributed by atoms with Gasteiger partial charge in [0.15, 0.2) is 0 Å². The van der Waals surface area contributed by atoms with Crippen LogP contribution in [0.25, 0.3) is 0 Å². The Bertz CT molecular complexity index is 366. The molecule has 0 saturated heterocycles. The molecular weight excluding hydrogens is 234 g/mol. The number of hydrogen-bond acceptors (Lipinski definition) is 2. The summed E-state index contributed by atoms with van der Waals surface area (Å²) in [6, 6.07) is 0. The minimum Gasteiger partial charge on any atom is -0.389 e. The molecule has 0 radical (unpaired) electrons. The molecule has 0 aliphatic heterocycles. The molecule has 3 aliphatic carbocycles. The van der Waals surface area contributed by atoms with Crippen molar-refractivity contribution >= 4 is 0 Å². The molecule has 2 heteroatoms. The van der Waals surface area contributed by atoms with Crippen LogP contribution in [0, 0.1) is 28.6 Å². The van der Waals surface area contributed by atoms with Gasteiger partial charge >= 0.3 is 0 Å². The molecular formula is C17H31NO. The molecule has 3 N–H and O–H groups in total. The van der Waals surface area contributed by atoms with E-state index in [0.717, 1.165) is 18.8 Å². The first kappa shape index (κ1) is 13.9. The number of hydrogen-bond donors (Lipinski definition) is 2. The van der Waals surface area contributed by atoms with Crippen LogP contribution in [0.5, 0.6) is 0 Å². The van der Waals surface area contributed by atoms with E-state index in [0.29, 0.717) is 18.4 Å². The molecule has 3 saturated carbocycles. The van der Waals surface area contributed by atoms with E-state index in [4.69, 9.17) is 5.73 Å². The van der Waals surface area contributed by atoms with Crippen molar-refractivity contribution in [1.82, 2.24) is 0 Å².